The van der Waals surface area contributed by atoms with Crippen molar-refractivity contribution < 1.29 is 14.9 Å². The van der Waals surface area contributed by atoms with E-state index in [1.807, 2.05) is 18.2 Å². The van der Waals surface area contributed by atoms with Crippen molar-refractivity contribution in [1.82, 2.24) is 5.32 Å². The van der Waals surface area contributed by atoms with Crippen LogP contribution >= 0.6 is 0 Å². The van der Waals surface area contributed by atoms with Gasteiger partial charge in [-0.1, -0.05) is 18.2 Å². The van der Waals surface area contributed by atoms with Gasteiger partial charge in [0.2, 0.25) is 5.75 Å². The molecule has 3 N–H and O–H groups in total. The third-order valence-electron chi connectivity index (χ3n) is 3.90. The molecule has 2 aliphatic heterocycles. The normalized spacial score (nSPS) is 19.3. The van der Waals surface area contributed by atoms with Crippen LogP contribution in [0, 0.1) is 0 Å². The molecule has 0 radical (unpaired) electrons. The molecule has 2 aromatic rings. The van der Waals surface area contributed by atoms with Gasteiger partial charge >= 0.3 is 0 Å². The maximum Gasteiger partial charge on any atom is 0.201 e. The Bertz CT molecular complexity index is 681. The van der Waals surface area contributed by atoms with E-state index in [1.54, 1.807) is 0 Å². The summed E-state index contributed by atoms with van der Waals surface area (Å²) in [4.78, 5) is 0. The molecule has 0 unspecified atom stereocenters. The van der Waals surface area contributed by atoms with Crippen LogP contribution in [0.2, 0.25) is 0 Å². The van der Waals surface area contributed by atoms with Crippen LogP contribution in [0.25, 0.3) is 0 Å². The molecule has 2 aliphatic rings. The van der Waals surface area contributed by atoms with Gasteiger partial charge in [0.1, 0.15) is 5.75 Å². The molecule has 0 saturated carbocycles. The van der Waals surface area contributed by atoms with Gasteiger partial charge in [-0.2, -0.15) is 0 Å². The Hall–Kier alpha value is -2.20. The second-order valence-electron chi connectivity index (χ2n) is 4.97. The number of fused-ring (bicyclic) bond motifs is 2. The highest BCUT2D eigenvalue weighted by Gasteiger charge is 2.33. The van der Waals surface area contributed by atoms with E-state index >= 15 is 0 Å². The Labute approximate surface area is 110 Å². The van der Waals surface area contributed by atoms with E-state index in [1.165, 1.54) is 17.2 Å². The van der Waals surface area contributed by atoms with E-state index in [0.29, 0.717) is 5.75 Å². The summed E-state index contributed by atoms with van der Waals surface area (Å²) in [5.74, 6) is 0.979. The Kier molecular flexibility index (Phi) is 2.05. The molecular formula is C15H13NO3. The number of rotatable bonds is 0. The fourth-order valence-electron chi connectivity index (χ4n) is 3.01. The minimum Gasteiger partial charge on any atom is -0.504 e. The SMILES string of the molecule is Oc1ccc2c(c1O)Oc1cccc3c1[C@H]2CNC3. The standard InChI is InChI=1S/C15H13NO3/c17-11-5-4-9-10-7-16-6-8-2-1-3-12(13(8)10)19-15(9)14(11)18/h1-5,10,16-18H,6-7H2/t10-/m0/s1. The largest absolute Gasteiger partial charge is 0.504 e. The van der Waals surface area contributed by atoms with Gasteiger partial charge in [0.15, 0.2) is 11.5 Å². The quantitative estimate of drug-likeness (QED) is 0.633. The summed E-state index contributed by atoms with van der Waals surface area (Å²) in [5.41, 5.74) is 3.34. The van der Waals surface area contributed by atoms with Crippen LogP contribution in [-0.2, 0) is 6.54 Å². The summed E-state index contributed by atoms with van der Waals surface area (Å²) in [6.07, 6.45) is 0. The van der Waals surface area contributed by atoms with Crippen molar-refractivity contribution in [2.75, 3.05) is 6.54 Å². The van der Waals surface area contributed by atoms with E-state index in [9.17, 15) is 10.2 Å². The monoisotopic (exact) mass is 255 g/mol. The third-order valence-corrected chi connectivity index (χ3v) is 3.90. The highest BCUT2D eigenvalue weighted by atomic mass is 16.5. The summed E-state index contributed by atoms with van der Waals surface area (Å²) < 4.78 is 5.80. The zero-order valence-electron chi connectivity index (χ0n) is 10.2. The second-order valence-corrected chi connectivity index (χ2v) is 4.97. The molecular weight excluding hydrogens is 242 g/mol. The smallest absolute Gasteiger partial charge is 0.201 e. The van der Waals surface area contributed by atoms with E-state index in [2.05, 4.69) is 11.4 Å². The molecule has 0 fully saturated rings. The minimum atomic E-state index is -0.181. The number of hydrogen-bond donors (Lipinski definition) is 3. The Morgan fingerprint density at radius 3 is 2.95 bits per heavy atom. The molecule has 0 aromatic heterocycles. The summed E-state index contributed by atoms with van der Waals surface area (Å²) in [7, 11) is 0. The van der Waals surface area contributed by atoms with Gasteiger partial charge in [-0.05, 0) is 17.7 Å². The molecule has 0 saturated heterocycles. The van der Waals surface area contributed by atoms with Crippen LogP contribution in [0.3, 0.4) is 0 Å². The van der Waals surface area contributed by atoms with Crippen molar-refractivity contribution in [3.8, 4) is 23.0 Å². The molecule has 0 bridgehead atoms. The number of ether oxygens (including phenoxy) is 1. The number of phenolic OH excluding ortho intramolecular Hbond substituents is 2. The molecule has 4 nitrogen and oxygen atoms in total. The number of phenols is 2. The van der Waals surface area contributed by atoms with Crippen molar-refractivity contribution in [2.45, 2.75) is 12.5 Å². The topological polar surface area (TPSA) is 61.7 Å². The zero-order valence-corrected chi connectivity index (χ0v) is 10.2. The van der Waals surface area contributed by atoms with E-state index in [-0.39, 0.29) is 17.4 Å². The van der Waals surface area contributed by atoms with E-state index in [4.69, 9.17) is 4.74 Å². The summed E-state index contributed by atoms with van der Waals surface area (Å²) in [5, 5.41) is 23.0. The van der Waals surface area contributed by atoms with Crippen LogP contribution in [0.1, 0.15) is 22.6 Å². The van der Waals surface area contributed by atoms with Gasteiger partial charge in [-0.25, -0.2) is 0 Å². The first-order valence-electron chi connectivity index (χ1n) is 6.31. The van der Waals surface area contributed by atoms with Gasteiger partial charge in [-0.15, -0.1) is 0 Å². The maximum absolute atomic E-state index is 9.97. The number of hydrogen-bond acceptors (Lipinski definition) is 4. The lowest BCUT2D eigenvalue weighted by Gasteiger charge is -2.34. The first kappa shape index (κ1) is 10.7. The van der Waals surface area contributed by atoms with Crippen molar-refractivity contribution >= 4 is 0 Å². The lowest BCUT2D eigenvalue weighted by atomic mass is 9.82. The third kappa shape index (κ3) is 1.37. The Balaban J connectivity index is 1.99. The zero-order chi connectivity index (χ0) is 13.0. The van der Waals surface area contributed by atoms with Crippen LogP contribution in [0.4, 0.5) is 0 Å². The van der Waals surface area contributed by atoms with Gasteiger partial charge in [-0.3, -0.25) is 0 Å². The van der Waals surface area contributed by atoms with Crippen LogP contribution in [0.15, 0.2) is 30.3 Å². The average Bonchev–Trinajstić information content (AvgIpc) is 2.44. The maximum atomic E-state index is 9.97. The Morgan fingerprint density at radius 1 is 1.16 bits per heavy atom. The minimum absolute atomic E-state index is 0.151. The molecule has 1 atom stereocenters. The fourth-order valence-corrected chi connectivity index (χ4v) is 3.01. The van der Waals surface area contributed by atoms with E-state index < -0.39 is 0 Å². The molecule has 4 rings (SSSR count). The number of benzene rings is 2. The van der Waals surface area contributed by atoms with Gasteiger partial charge in [0.05, 0.1) is 0 Å². The lowest BCUT2D eigenvalue weighted by molar-refractivity contribution is 0.357. The number of nitrogens with one attached hydrogen (secondary N) is 1. The Morgan fingerprint density at radius 2 is 2.05 bits per heavy atom. The molecule has 4 heteroatoms. The van der Waals surface area contributed by atoms with Crippen LogP contribution < -0.4 is 10.1 Å². The first-order chi connectivity index (χ1) is 9.25. The molecule has 2 heterocycles. The van der Waals surface area contributed by atoms with Crippen molar-refractivity contribution in [3.63, 3.8) is 0 Å². The predicted molar refractivity (Wildman–Crippen MR) is 69.8 cm³/mol. The summed E-state index contributed by atoms with van der Waals surface area (Å²) in [6, 6.07) is 9.28. The van der Waals surface area contributed by atoms with Crippen molar-refractivity contribution in [1.29, 1.82) is 0 Å². The molecule has 0 aliphatic carbocycles. The average molecular weight is 255 g/mol. The van der Waals surface area contributed by atoms with Crippen molar-refractivity contribution in [2.24, 2.45) is 0 Å². The summed E-state index contributed by atoms with van der Waals surface area (Å²) in [6.45, 7) is 1.65. The molecule has 19 heavy (non-hydrogen) atoms. The predicted octanol–water partition coefficient (Wildman–Crippen LogP) is 2.44. The molecule has 96 valence electrons. The number of aromatic hydroxyl groups is 2. The van der Waals surface area contributed by atoms with Gasteiger partial charge < -0.3 is 20.3 Å². The molecule has 0 spiro atoms. The highest BCUT2D eigenvalue weighted by molar-refractivity contribution is 5.64. The van der Waals surface area contributed by atoms with Crippen LogP contribution in [0.5, 0.6) is 23.0 Å². The first-order valence-corrected chi connectivity index (χ1v) is 6.31. The lowest BCUT2D eigenvalue weighted by Crippen LogP contribution is -2.30. The second kappa shape index (κ2) is 3.65. The van der Waals surface area contributed by atoms with Crippen LogP contribution in [-0.4, -0.2) is 16.8 Å². The van der Waals surface area contributed by atoms with Gasteiger partial charge in [0.25, 0.3) is 0 Å². The van der Waals surface area contributed by atoms with Crippen molar-refractivity contribution in [3.05, 3.63) is 47.0 Å². The highest BCUT2D eigenvalue weighted by Crippen LogP contribution is 2.52. The van der Waals surface area contributed by atoms with E-state index in [0.717, 1.165) is 24.4 Å². The fraction of sp³-hybridized carbons (Fsp3) is 0.200. The summed E-state index contributed by atoms with van der Waals surface area (Å²) >= 11 is 0. The molecule has 0 amide bonds. The van der Waals surface area contributed by atoms with Gasteiger partial charge in [0, 0.05) is 30.1 Å². The molecule has 2 aromatic carbocycles.